The second kappa shape index (κ2) is 86.3. The van der Waals surface area contributed by atoms with Crippen molar-refractivity contribution in [2.24, 2.45) is 0 Å². The maximum absolute atomic E-state index is 13.5. The Labute approximate surface area is 729 Å². The summed E-state index contributed by atoms with van der Waals surface area (Å²) in [6.07, 6.45) is -11.0. The Hall–Kier alpha value is -10.6. The van der Waals surface area contributed by atoms with Crippen LogP contribution in [0.5, 0.6) is 11.5 Å². The Bertz CT molecular complexity index is 3890. The number of hydrogen-bond acceptors (Lipinski definition) is 3. The van der Waals surface area contributed by atoms with Crippen molar-refractivity contribution in [1.29, 1.82) is 0 Å². The van der Waals surface area contributed by atoms with E-state index in [1.165, 1.54) is 45.2 Å². The van der Waals surface area contributed by atoms with E-state index in [0.29, 0.717) is 9.79 Å². The first-order valence-corrected chi connectivity index (χ1v) is 45.0. The first kappa shape index (κ1) is 125. The van der Waals surface area contributed by atoms with Gasteiger partial charge >= 0.3 is 12.4 Å². The number of sulfone groups is 1. The Morgan fingerprint density at radius 2 is 0.350 bits per heavy atom. The molecule has 0 atom stereocenters. The molecule has 0 N–H and O–H groups in total. The van der Waals surface area contributed by atoms with Crippen molar-refractivity contribution in [1.82, 2.24) is 0 Å². The monoisotopic (exact) mass is 1670 g/mol. The molecule has 0 bridgehead atoms. The number of rotatable bonds is 9. The van der Waals surface area contributed by atoms with Gasteiger partial charge in [0, 0.05) is 5.41 Å². The second-order valence-corrected chi connectivity index (χ2v) is 22.9. The second-order valence-electron chi connectivity index (χ2n) is 20.9. The van der Waals surface area contributed by atoms with Crippen LogP contribution >= 0.6 is 0 Å². The van der Waals surface area contributed by atoms with Gasteiger partial charge in [-0.25, -0.2) is 8.42 Å². The molecule has 0 saturated carbocycles. The standard InChI is InChI=1S/C15H10F6.C15H16.C12H10O2S.C12H10O.C12H10.C10H8.C6H6.14C2H6/c16-14(17,18)13(15(19,20)21,11-7-3-1-4-8-11)12-9-5-2-6-10-12;1-15(2,13-9-5-3-6-10-13)14-11-7-4-8-12-14;13-15(14,11-7-3-1-4-8-11)12-9-5-2-6-10-12;1-3-7-11(8-4-1)13-12-9-5-2-6-10-12;1-3-7-11(8-4-1)12-9-5-2-6-10-12;1-2-6-10-8-4-3-7-9(10)5-1;1-2-4-6-5-3-1;14*1-2/h1-10H;3-12H,1-2H3;1-10H;1-10H;1-10H;1-8H;1-6H;14*1-2H3. The normalized spacial score (nSPS) is 9.07. The van der Waals surface area contributed by atoms with Gasteiger partial charge in [0.05, 0.1) is 9.79 Å². The summed E-state index contributed by atoms with van der Waals surface area (Å²) in [5.41, 5.74) is -0.388. The zero-order valence-electron chi connectivity index (χ0n) is 78.9. The third-order valence-electron chi connectivity index (χ3n) is 14.3. The molecule has 10 heteroatoms. The van der Waals surface area contributed by atoms with Gasteiger partial charge in [-0.15, -0.1) is 0 Å². The van der Waals surface area contributed by atoms with Crippen LogP contribution in [0.2, 0.25) is 0 Å². The quantitative estimate of drug-likeness (QED) is 0.135. The molecule has 3 nitrogen and oxygen atoms in total. The first-order chi connectivity index (χ1) is 58.5. The number of alkyl halides is 6. The number of ether oxygens (including phenoxy) is 1. The predicted molar refractivity (Wildman–Crippen MR) is 523 cm³/mol. The number of halogens is 6. The highest BCUT2D eigenvalue weighted by atomic mass is 32.2. The third-order valence-corrected chi connectivity index (χ3v) is 16.1. The summed E-state index contributed by atoms with van der Waals surface area (Å²) >= 11 is 0. The van der Waals surface area contributed by atoms with Crippen LogP contribution in [-0.4, -0.2) is 20.8 Å². The first-order valence-electron chi connectivity index (χ1n) is 43.5. The van der Waals surface area contributed by atoms with Crippen LogP contribution in [0, 0.1) is 0 Å². The van der Waals surface area contributed by atoms with Crippen LogP contribution in [0.4, 0.5) is 26.3 Å². The maximum atomic E-state index is 13.5. The molecule has 0 fully saturated rings. The van der Waals surface area contributed by atoms with Gasteiger partial charge in [0.1, 0.15) is 11.5 Å². The van der Waals surface area contributed by atoms with Crippen molar-refractivity contribution in [2.45, 2.75) is 241 Å². The smallest absolute Gasteiger partial charge is 0.411 e. The van der Waals surface area contributed by atoms with E-state index in [4.69, 9.17) is 4.74 Å². The molecule has 0 aliphatic carbocycles. The lowest BCUT2D eigenvalue weighted by Crippen LogP contribution is -2.54. The molecule has 0 amide bonds. The fraction of sp³-hybridized carbons (Fsp3) is 0.309. The molecule has 0 spiro atoms. The molecule has 13 rings (SSSR count). The van der Waals surface area contributed by atoms with Gasteiger partial charge in [0.2, 0.25) is 15.3 Å². The average molecular weight is 1670 g/mol. The van der Waals surface area contributed by atoms with Crippen molar-refractivity contribution < 1.29 is 39.5 Å². The Morgan fingerprint density at radius 1 is 0.200 bits per heavy atom. The lowest BCUT2D eigenvalue weighted by atomic mass is 9.73. The Kier molecular flexibility index (Phi) is 90.0. The molecule has 0 unspecified atom stereocenters. The Balaban J connectivity index is -0.000000196. The summed E-state index contributed by atoms with van der Waals surface area (Å²) < 4.78 is 111. The van der Waals surface area contributed by atoms with Gasteiger partial charge in [-0.05, 0) is 92.7 Å². The molecule has 0 aliphatic rings. The number of hydrogen-bond donors (Lipinski definition) is 0. The lowest BCUT2D eigenvalue weighted by molar-refractivity contribution is -0.288. The van der Waals surface area contributed by atoms with E-state index in [2.05, 4.69) is 172 Å². The molecule has 13 aromatic rings. The number of fused-ring (bicyclic) bond motifs is 1. The number of benzene rings is 13. The molecule has 13 aromatic carbocycles. The third kappa shape index (κ3) is 50.4. The molecule has 0 heterocycles. The van der Waals surface area contributed by atoms with Gasteiger partial charge < -0.3 is 4.74 Å². The van der Waals surface area contributed by atoms with E-state index in [-0.39, 0.29) is 5.41 Å². The highest BCUT2D eigenvalue weighted by Gasteiger charge is 2.72. The SMILES string of the molecule is CC.CC.CC.CC.CC.CC.CC.CC.CC.CC.CC.CC.CC.CC.CC(C)(c1ccccc1)c1ccccc1.FC(F)(F)C(c1ccccc1)(c1ccccc1)C(F)(F)F.O=S(=O)(c1ccccc1)c1ccccc1.c1ccc(-c2ccccc2)cc1.c1ccc(Oc2ccccc2)cc1.c1ccc2ccccc2c1.c1ccccc1. The van der Waals surface area contributed by atoms with Gasteiger partial charge in [-0.3, -0.25) is 0 Å². The van der Waals surface area contributed by atoms with Crippen LogP contribution in [-0.2, 0) is 20.7 Å². The molecule has 0 aromatic heterocycles. The summed E-state index contributed by atoms with van der Waals surface area (Å²) in [6, 6.07) is 118. The lowest BCUT2D eigenvalue weighted by Gasteiger charge is -2.38. The average Bonchev–Trinajstić information content (AvgIpc) is 0.719. The molecular formula is C110H154F6O3S. The summed E-state index contributed by atoms with van der Waals surface area (Å²) in [5.74, 6) is 1.74. The van der Waals surface area contributed by atoms with Crippen LogP contribution in [0.3, 0.4) is 0 Å². The predicted octanol–water partition coefficient (Wildman–Crippen LogP) is 37.4. The van der Waals surface area contributed by atoms with E-state index in [0.717, 1.165) is 60.0 Å². The van der Waals surface area contributed by atoms with E-state index in [9.17, 15) is 34.8 Å². The van der Waals surface area contributed by atoms with E-state index in [1.54, 1.807) is 60.7 Å². The number of para-hydroxylation sites is 2. The van der Waals surface area contributed by atoms with Gasteiger partial charge in [-0.2, -0.15) is 26.3 Å². The van der Waals surface area contributed by atoms with E-state index >= 15 is 0 Å². The van der Waals surface area contributed by atoms with Crippen molar-refractivity contribution in [3.8, 4) is 22.6 Å². The van der Waals surface area contributed by atoms with Gasteiger partial charge in [-0.1, -0.05) is 547 Å². The molecule has 120 heavy (non-hydrogen) atoms. The van der Waals surface area contributed by atoms with Crippen LogP contribution in [0.25, 0.3) is 21.9 Å². The highest BCUT2D eigenvalue weighted by Crippen LogP contribution is 2.56. The van der Waals surface area contributed by atoms with Crippen LogP contribution in [0.1, 0.15) is 230 Å². The zero-order chi connectivity index (χ0) is 93.4. The summed E-state index contributed by atoms with van der Waals surface area (Å²) in [4.78, 5) is 0.660. The van der Waals surface area contributed by atoms with Crippen molar-refractivity contribution in [2.75, 3.05) is 0 Å². The summed E-state index contributed by atoms with van der Waals surface area (Å²) in [7, 11) is -3.34. The van der Waals surface area contributed by atoms with Gasteiger partial charge in [0.25, 0.3) is 0 Å². The topological polar surface area (TPSA) is 43.4 Å². The Morgan fingerprint density at radius 3 is 0.542 bits per heavy atom. The van der Waals surface area contributed by atoms with Crippen molar-refractivity contribution >= 4 is 20.6 Å². The van der Waals surface area contributed by atoms with Crippen LogP contribution in [0.15, 0.2) is 398 Å². The fourth-order valence-corrected chi connectivity index (χ4v) is 10.8. The minimum Gasteiger partial charge on any atom is -0.457 e. The molecule has 0 radical (unpaired) electrons. The largest absolute Gasteiger partial charge is 0.457 e. The van der Waals surface area contributed by atoms with Crippen molar-refractivity contribution in [3.63, 3.8) is 0 Å². The minimum absolute atomic E-state index is 0.0858. The summed E-state index contributed by atoms with van der Waals surface area (Å²) in [5, 5.41) is 2.62. The van der Waals surface area contributed by atoms with Gasteiger partial charge in [0.15, 0.2) is 0 Å². The molecule has 660 valence electrons. The molecule has 0 saturated heterocycles. The van der Waals surface area contributed by atoms with E-state index < -0.39 is 38.7 Å². The molecule has 0 aliphatic heterocycles. The van der Waals surface area contributed by atoms with Crippen LogP contribution < -0.4 is 4.74 Å². The molecular weight excluding hydrogens is 1520 g/mol. The highest BCUT2D eigenvalue weighted by molar-refractivity contribution is 7.91. The fourth-order valence-electron chi connectivity index (χ4n) is 9.46. The minimum atomic E-state index is -5.52. The van der Waals surface area contributed by atoms with E-state index in [1.807, 2.05) is 303 Å². The maximum Gasteiger partial charge on any atom is 0.411 e. The zero-order valence-corrected chi connectivity index (χ0v) is 79.7. The van der Waals surface area contributed by atoms with Crippen molar-refractivity contribution in [3.05, 3.63) is 411 Å². The summed E-state index contributed by atoms with van der Waals surface area (Å²) in [6.45, 7) is 60.5.